The van der Waals surface area contributed by atoms with E-state index in [1.807, 2.05) is 21.9 Å². The van der Waals surface area contributed by atoms with E-state index in [0.29, 0.717) is 25.6 Å². The maximum Gasteiger partial charge on any atom is 0.236 e. The summed E-state index contributed by atoms with van der Waals surface area (Å²) >= 11 is 0. The van der Waals surface area contributed by atoms with Gasteiger partial charge in [-0.15, -0.1) is 0 Å². The molecule has 0 radical (unpaired) electrons. The second-order valence-electron chi connectivity index (χ2n) is 6.67. The molecule has 6 nitrogen and oxygen atoms in total. The van der Waals surface area contributed by atoms with Crippen molar-refractivity contribution in [3.63, 3.8) is 0 Å². The van der Waals surface area contributed by atoms with Gasteiger partial charge in [-0.2, -0.15) is 0 Å². The van der Waals surface area contributed by atoms with E-state index in [-0.39, 0.29) is 23.2 Å². The number of benzene rings is 1. The molecular formula is C17H24N2O4S. The molecule has 0 unspecified atom stereocenters. The third-order valence-electron chi connectivity index (χ3n) is 5.01. The molecule has 2 aliphatic heterocycles. The molecule has 132 valence electrons. The molecule has 1 aromatic rings. The van der Waals surface area contributed by atoms with E-state index in [9.17, 15) is 18.3 Å². The molecule has 0 aliphatic carbocycles. The van der Waals surface area contributed by atoms with Crippen molar-refractivity contribution >= 4 is 15.7 Å². The van der Waals surface area contributed by atoms with Crippen LogP contribution >= 0.6 is 0 Å². The lowest BCUT2D eigenvalue weighted by atomic mass is 9.89. The van der Waals surface area contributed by atoms with Gasteiger partial charge in [0.1, 0.15) is 5.75 Å². The van der Waals surface area contributed by atoms with Crippen LogP contribution in [0, 0.1) is 0 Å². The smallest absolute Gasteiger partial charge is 0.236 e. The van der Waals surface area contributed by atoms with Crippen LogP contribution in [0.15, 0.2) is 24.3 Å². The molecule has 0 atom stereocenters. The van der Waals surface area contributed by atoms with Crippen molar-refractivity contribution in [3.05, 3.63) is 29.8 Å². The molecule has 0 saturated carbocycles. The number of hydrogen-bond acceptors (Lipinski definition) is 5. The third kappa shape index (κ3) is 4.27. The Morgan fingerprint density at radius 1 is 1.04 bits per heavy atom. The Balaban J connectivity index is 1.47. The maximum absolute atomic E-state index is 12.4. The Hall–Kier alpha value is -1.60. The van der Waals surface area contributed by atoms with Crippen LogP contribution in [0.25, 0.3) is 0 Å². The molecular weight excluding hydrogens is 328 g/mol. The van der Waals surface area contributed by atoms with Gasteiger partial charge < -0.3 is 10.0 Å². The minimum absolute atomic E-state index is 0.0958. The standard InChI is InChI=1S/C17H24N2O4S/c20-16-3-1-14(2-4-16)15-5-7-19(8-6-15)17(21)13-18-9-11-24(22,23)12-10-18/h1-4,15,20H,5-13H2. The number of sulfone groups is 1. The van der Waals surface area contributed by atoms with E-state index in [1.54, 1.807) is 12.1 Å². The minimum Gasteiger partial charge on any atom is -0.508 e. The molecule has 2 aliphatic rings. The van der Waals surface area contributed by atoms with E-state index in [4.69, 9.17) is 0 Å². The van der Waals surface area contributed by atoms with Crippen LogP contribution in [-0.4, -0.2) is 73.5 Å². The molecule has 2 fully saturated rings. The molecule has 0 aromatic heterocycles. The van der Waals surface area contributed by atoms with Crippen molar-refractivity contribution in [2.75, 3.05) is 44.2 Å². The lowest BCUT2D eigenvalue weighted by molar-refractivity contribution is -0.133. The predicted octanol–water partition coefficient (Wildman–Crippen LogP) is 0.829. The molecule has 2 saturated heterocycles. The maximum atomic E-state index is 12.4. The van der Waals surface area contributed by atoms with Gasteiger partial charge in [0.2, 0.25) is 5.91 Å². The van der Waals surface area contributed by atoms with Crippen LogP contribution in [0.1, 0.15) is 24.3 Å². The molecule has 3 rings (SSSR count). The van der Waals surface area contributed by atoms with Gasteiger partial charge in [-0.05, 0) is 36.5 Å². The summed E-state index contributed by atoms with van der Waals surface area (Å²) in [4.78, 5) is 16.2. The summed E-state index contributed by atoms with van der Waals surface area (Å²) in [6, 6.07) is 7.31. The fourth-order valence-electron chi connectivity index (χ4n) is 3.41. The number of likely N-dealkylation sites (tertiary alicyclic amines) is 1. The Morgan fingerprint density at radius 2 is 1.62 bits per heavy atom. The third-order valence-corrected chi connectivity index (χ3v) is 6.62. The monoisotopic (exact) mass is 352 g/mol. The number of carbonyl (C=O) groups excluding carboxylic acids is 1. The van der Waals surface area contributed by atoms with Crippen molar-refractivity contribution in [2.24, 2.45) is 0 Å². The highest BCUT2D eigenvalue weighted by molar-refractivity contribution is 7.91. The largest absolute Gasteiger partial charge is 0.508 e. The van der Waals surface area contributed by atoms with Gasteiger partial charge in [0.05, 0.1) is 18.1 Å². The average molecular weight is 352 g/mol. The zero-order chi connectivity index (χ0) is 17.2. The lowest BCUT2D eigenvalue weighted by Crippen LogP contribution is -2.48. The average Bonchev–Trinajstić information content (AvgIpc) is 2.58. The molecule has 0 spiro atoms. The number of phenols is 1. The predicted molar refractivity (Wildman–Crippen MR) is 91.8 cm³/mol. The number of rotatable bonds is 3. The van der Waals surface area contributed by atoms with Crippen molar-refractivity contribution in [1.82, 2.24) is 9.80 Å². The lowest BCUT2D eigenvalue weighted by Gasteiger charge is -2.34. The molecule has 0 bridgehead atoms. The molecule has 1 amide bonds. The van der Waals surface area contributed by atoms with Gasteiger partial charge in [0.15, 0.2) is 9.84 Å². The van der Waals surface area contributed by atoms with E-state index >= 15 is 0 Å². The van der Waals surface area contributed by atoms with Crippen LogP contribution in [0.2, 0.25) is 0 Å². The van der Waals surface area contributed by atoms with Crippen LogP contribution in [0.4, 0.5) is 0 Å². The fraction of sp³-hybridized carbons (Fsp3) is 0.588. The van der Waals surface area contributed by atoms with Crippen molar-refractivity contribution in [1.29, 1.82) is 0 Å². The number of amides is 1. The first-order valence-electron chi connectivity index (χ1n) is 8.42. The summed E-state index contributed by atoms with van der Waals surface area (Å²) in [6.07, 6.45) is 1.84. The number of piperidine rings is 1. The number of phenolic OH excluding ortho intramolecular Hbond substituents is 1. The van der Waals surface area contributed by atoms with Crippen LogP contribution in [0.5, 0.6) is 5.75 Å². The molecule has 24 heavy (non-hydrogen) atoms. The first-order valence-corrected chi connectivity index (χ1v) is 10.2. The second kappa shape index (κ2) is 7.11. The zero-order valence-electron chi connectivity index (χ0n) is 13.7. The van der Waals surface area contributed by atoms with Gasteiger partial charge in [-0.25, -0.2) is 8.42 Å². The van der Waals surface area contributed by atoms with E-state index in [0.717, 1.165) is 25.9 Å². The summed E-state index contributed by atoms with van der Waals surface area (Å²) in [7, 11) is -2.90. The quantitative estimate of drug-likeness (QED) is 0.872. The van der Waals surface area contributed by atoms with E-state index in [2.05, 4.69) is 0 Å². The van der Waals surface area contributed by atoms with Crippen LogP contribution in [0.3, 0.4) is 0 Å². The first kappa shape index (κ1) is 17.2. The van der Waals surface area contributed by atoms with E-state index < -0.39 is 9.84 Å². The number of hydrogen-bond donors (Lipinski definition) is 1. The van der Waals surface area contributed by atoms with Crippen molar-refractivity contribution in [3.8, 4) is 5.75 Å². The van der Waals surface area contributed by atoms with Gasteiger partial charge in [0.25, 0.3) is 0 Å². The molecule has 1 N–H and O–H groups in total. The molecule has 2 heterocycles. The van der Waals surface area contributed by atoms with Gasteiger partial charge in [-0.1, -0.05) is 12.1 Å². The summed E-state index contributed by atoms with van der Waals surface area (Å²) in [5, 5.41) is 9.36. The second-order valence-corrected chi connectivity index (χ2v) is 8.98. The summed E-state index contributed by atoms with van der Waals surface area (Å²) < 4.78 is 22.9. The van der Waals surface area contributed by atoms with Gasteiger partial charge >= 0.3 is 0 Å². The van der Waals surface area contributed by atoms with Crippen molar-refractivity contribution in [2.45, 2.75) is 18.8 Å². The molecule has 1 aromatic carbocycles. The van der Waals surface area contributed by atoms with E-state index in [1.165, 1.54) is 5.56 Å². The topological polar surface area (TPSA) is 77.9 Å². The van der Waals surface area contributed by atoms with Crippen molar-refractivity contribution < 1.29 is 18.3 Å². The normalized spacial score (nSPS) is 22.4. The summed E-state index contributed by atoms with van der Waals surface area (Å²) in [5.74, 6) is 1.11. The SMILES string of the molecule is O=C(CN1CCS(=O)(=O)CC1)N1CCC(c2ccc(O)cc2)CC1. The summed E-state index contributed by atoms with van der Waals surface area (Å²) in [6.45, 7) is 2.70. The Labute approximate surface area is 143 Å². The Bertz CT molecular complexity index is 665. The zero-order valence-corrected chi connectivity index (χ0v) is 14.5. The Kier molecular flexibility index (Phi) is 5.10. The highest BCUT2D eigenvalue weighted by Gasteiger charge is 2.27. The highest BCUT2D eigenvalue weighted by atomic mass is 32.2. The van der Waals surface area contributed by atoms with Gasteiger partial charge in [0, 0.05) is 26.2 Å². The van der Waals surface area contributed by atoms with Gasteiger partial charge in [-0.3, -0.25) is 9.69 Å². The van der Waals surface area contributed by atoms with Crippen LogP contribution < -0.4 is 0 Å². The number of aromatic hydroxyl groups is 1. The molecule has 7 heteroatoms. The highest BCUT2D eigenvalue weighted by Crippen LogP contribution is 2.29. The first-order chi connectivity index (χ1) is 11.4. The number of carbonyl (C=O) groups is 1. The fourth-order valence-corrected chi connectivity index (χ4v) is 4.69. The number of nitrogens with zero attached hydrogens (tertiary/aromatic N) is 2. The van der Waals surface area contributed by atoms with Crippen LogP contribution in [-0.2, 0) is 14.6 Å². The Morgan fingerprint density at radius 3 is 2.21 bits per heavy atom. The summed E-state index contributed by atoms with van der Waals surface area (Å²) in [5.41, 5.74) is 1.21. The minimum atomic E-state index is -2.90.